The van der Waals surface area contributed by atoms with Gasteiger partial charge in [0.25, 0.3) is 0 Å². The number of nitrogens with zero attached hydrogens (tertiary/aromatic N) is 2. The van der Waals surface area contributed by atoms with E-state index >= 15 is 0 Å². The molecule has 2 atom stereocenters. The number of aromatic nitrogens is 2. The fourth-order valence-electron chi connectivity index (χ4n) is 2.78. The van der Waals surface area contributed by atoms with Gasteiger partial charge in [-0.15, -0.1) is 0 Å². The van der Waals surface area contributed by atoms with Gasteiger partial charge in [-0.05, 0) is 44.6 Å². The second-order valence-corrected chi connectivity index (χ2v) is 6.12. The van der Waals surface area contributed by atoms with Crippen molar-refractivity contribution in [1.82, 2.24) is 9.78 Å². The van der Waals surface area contributed by atoms with Gasteiger partial charge in [0.05, 0.1) is 5.69 Å². The summed E-state index contributed by atoms with van der Waals surface area (Å²) in [6.45, 7) is 12.1. The molecule has 0 fully saturated rings. The molecule has 0 spiro atoms. The molecule has 116 valence electrons. The van der Waals surface area contributed by atoms with Crippen molar-refractivity contribution in [2.24, 2.45) is 11.7 Å². The van der Waals surface area contributed by atoms with Crippen LogP contribution in [-0.2, 0) is 13.0 Å². The number of hydrogen-bond donors (Lipinski definition) is 1. The summed E-state index contributed by atoms with van der Waals surface area (Å²) in [7, 11) is 0. The first-order chi connectivity index (χ1) is 9.53. The second-order valence-electron chi connectivity index (χ2n) is 6.12. The maximum Gasteiger partial charge on any atom is 0.0629 e. The van der Waals surface area contributed by atoms with Crippen molar-refractivity contribution in [2.45, 2.75) is 85.7 Å². The first-order valence-corrected chi connectivity index (χ1v) is 8.31. The number of nitrogens with two attached hydrogens (primary N) is 1. The molecule has 20 heavy (non-hydrogen) atoms. The normalized spacial score (nSPS) is 14.5. The predicted molar refractivity (Wildman–Crippen MR) is 87.0 cm³/mol. The van der Waals surface area contributed by atoms with E-state index in [2.05, 4.69) is 39.3 Å². The molecular weight excluding hydrogens is 246 g/mol. The van der Waals surface area contributed by atoms with Gasteiger partial charge in [0.2, 0.25) is 0 Å². The van der Waals surface area contributed by atoms with E-state index in [1.165, 1.54) is 36.9 Å². The lowest BCUT2D eigenvalue weighted by Crippen LogP contribution is -2.22. The standard InChI is InChI=1S/C17H33N3/c1-6-9-10-15(7-2)12-20-14(5)17(13(4)19-20)11-16(18)8-3/h15-16H,6-12,18H2,1-5H3. The summed E-state index contributed by atoms with van der Waals surface area (Å²) in [5, 5.41) is 4.75. The molecule has 2 unspecified atom stereocenters. The van der Waals surface area contributed by atoms with Gasteiger partial charge in [0.15, 0.2) is 0 Å². The second kappa shape index (κ2) is 8.46. The highest BCUT2D eigenvalue weighted by Gasteiger charge is 2.16. The molecule has 2 N–H and O–H groups in total. The van der Waals surface area contributed by atoms with E-state index in [0.717, 1.165) is 31.0 Å². The summed E-state index contributed by atoms with van der Waals surface area (Å²) in [6.07, 6.45) is 7.14. The Morgan fingerprint density at radius 3 is 2.40 bits per heavy atom. The number of hydrogen-bond acceptors (Lipinski definition) is 2. The van der Waals surface area contributed by atoms with Crippen LogP contribution < -0.4 is 5.73 Å². The molecule has 0 saturated carbocycles. The molecule has 1 aromatic heterocycles. The van der Waals surface area contributed by atoms with Gasteiger partial charge in [0.1, 0.15) is 0 Å². The van der Waals surface area contributed by atoms with Crippen molar-refractivity contribution in [3.05, 3.63) is 17.0 Å². The summed E-state index contributed by atoms with van der Waals surface area (Å²) >= 11 is 0. The molecular formula is C17H33N3. The number of aryl methyl sites for hydroxylation is 1. The van der Waals surface area contributed by atoms with Crippen molar-refractivity contribution >= 4 is 0 Å². The van der Waals surface area contributed by atoms with Crippen LogP contribution in [0, 0.1) is 19.8 Å². The quantitative estimate of drug-likeness (QED) is 0.742. The van der Waals surface area contributed by atoms with Gasteiger partial charge < -0.3 is 5.73 Å². The van der Waals surface area contributed by atoms with E-state index in [1.54, 1.807) is 0 Å². The third-order valence-corrected chi connectivity index (χ3v) is 4.50. The zero-order valence-electron chi connectivity index (χ0n) is 14.1. The maximum atomic E-state index is 6.11. The van der Waals surface area contributed by atoms with Crippen LogP contribution in [0.3, 0.4) is 0 Å². The van der Waals surface area contributed by atoms with E-state index in [9.17, 15) is 0 Å². The molecule has 0 aliphatic heterocycles. The van der Waals surface area contributed by atoms with Gasteiger partial charge >= 0.3 is 0 Å². The van der Waals surface area contributed by atoms with E-state index in [-0.39, 0.29) is 6.04 Å². The highest BCUT2D eigenvalue weighted by atomic mass is 15.3. The van der Waals surface area contributed by atoms with Crippen LogP contribution in [0.2, 0.25) is 0 Å². The van der Waals surface area contributed by atoms with Crippen molar-refractivity contribution < 1.29 is 0 Å². The summed E-state index contributed by atoms with van der Waals surface area (Å²) in [4.78, 5) is 0. The zero-order valence-corrected chi connectivity index (χ0v) is 14.1. The third kappa shape index (κ3) is 4.62. The Bertz CT molecular complexity index is 395. The summed E-state index contributed by atoms with van der Waals surface area (Å²) in [5.41, 5.74) is 9.96. The highest BCUT2D eigenvalue weighted by Crippen LogP contribution is 2.20. The van der Waals surface area contributed by atoms with Crippen LogP contribution in [0.25, 0.3) is 0 Å². The molecule has 0 aromatic carbocycles. The lowest BCUT2D eigenvalue weighted by molar-refractivity contribution is 0.367. The first-order valence-electron chi connectivity index (χ1n) is 8.31. The Balaban J connectivity index is 2.78. The summed E-state index contributed by atoms with van der Waals surface area (Å²) < 4.78 is 2.22. The lowest BCUT2D eigenvalue weighted by Gasteiger charge is -2.16. The minimum atomic E-state index is 0.257. The molecule has 0 radical (unpaired) electrons. The maximum absolute atomic E-state index is 6.11. The van der Waals surface area contributed by atoms with Crippen LogP contribution in [0.15, 0.2) is 0 Å². The molecule has 0 aliphatic carbocycles. The minimum absolute atomic E-state index is 0.257. The molecule has 1 aromatic rings. The fraction of sp³-hybridized carbons (Fsp3) is 0.824. The van der Waals surface area contributed by atoms with Crippen LogP contribution >= 0.6 is 0 Å². The van der Waals surface area contributed by atoms with Crippen molar-refractivity contribution in [2.75, 3.05) is 0 Å². The zero-order chi connectivity index (χ0) is 15.1. The minimum Gasteiger partial charge on any atom is -0.327 e. The Kier molecular flexibility index (Phi) is 7.28. The largest absolute Gasteiger partial charge is 0.327 e. The summed E-state index contributed by atoms with van der Waals surface area (Å²) in [5.74, 6) is 0.751. The van der Waals surface area contributed by atoms with E-state index in [0.29, 0.717) is 0 Å². The molecule has 0 saturated heterocycles. The van der Waals surface area contributed by atoms with Gasteiger partial charge in [-0.3, -0.25) is 4.68 Å². The Hall–Kier alpha value is -0.830. The SMILES string of the molecule is CCCCC(CC)Cn1nc(C)c(CC(N)CC)c1C. The fourth-order valence-corrected chi connectivity index (χ4v) is 2.78. The van der Waals surface area contributed by atoms with Crippen molar-refractivity contribution in [3.63, 3.8) is 0 Å². The Morgan fingerprint density at radius 2 is 1.85 bits per heavy atom. The first kappa shape index (κ1) is 17.2. The average molecular weight is 279 g/mol. The topological polar surface area (TPSA) is 43.8 Å². The number of rotatable bonds is 9. The molecule has 0 aliphatic rings. The Labute approximate surface area is 124 Å². The molecule has 3 nitrogen and oxygen atoms in total. The summed E-state index contributed by atoms with van der Waals surface area (Å²) in [6, 6.07) is 0.257. The van der Waals surface area contributed by atoms with Gasteiger partial charge in [-0.2, -0.15) is 5.10 Å². The van der Waals surface area contributed by atoms with E-state index < -0.39 is 0 Å². The van der Waals surface area contributed by atoms with Gasteiger partial charge in [-0.25, -0.2) is 0 Å². The van der Waals surface area contributed by atoms with Crippen LogP contribution in [0.4, 0.5) is 0 Å². The van der Waals surface area contributed by atoms with E-state index in [4.69, 9.17) is 10.8 Å². The molecule has 0 amide bonds. The number of unbranched alkanes of at least 4 members (excludes halogenated alkanes) is 1. The monoisotopic (exact) mass is 279 g/mol. The third-order valence-electron chi connectivity index (χ3n) is 4.50. The van der Waals surface area contributed by atoms with Crippen LogP contribution in [0.1, 0.15) is 69.8 Å². The molecule has 1 heterocycles. The van der Waals surface area contributed by atoms with Crippen molar-refractivity contribution in [3.8, 4) is 0 Å². The predicted octanol–water partition coefficient (Wildman–Crippen LogP) is 4.00. The lowest BCUT2D eigenvalue weighted by atomic mass is 9.99. The molecule has 1 rings (SSSR count). The molecule has 0 bridgehead atoms. The van der Waals surface area contributed by atoms with Crippen LogP contribution in [0.5, 0.6) is 0 Å². The Morgan fingerprint density at radius 1 is 1.15 bits per heavy atom. The van der Waals surface area contributed by atoms with E-state index in [1.807, 2.05) is 0 Å². The van der Waals surface area contributed by atoms with Crippen molar-refractivity contribution in [1.29, 1.82) is 0 Å². The van der Waals surface area contributed by atoms with Crippen LogP contribution in [-0.4, -0.2) is 15.8 Å². The smallest absolute Gasteiger partial charge is 0.0629 e. The van der Waals surface area contributed by atoms with Gasteiger partial charge in [0, 0.05) is 18.3 Å². The van der Waals surface area contributed by atoms with Gasteiger partial charge in [-0.1, -0.05) is 40.0 Å². The highest BCUT2D eigenvalue weighted by molar-refractivity contribution is 5.25. The molecule has 3 heteroatoms. The average Bonchev–Trinajstić information content (AvgIpc) is 2.70.